The molecular weight excluding hydrogens is 389 g/mol. The first-order chi connectivity index (χ1) is 14.2. The second-order valence-corrected chi connectivity index (χ2v) is 6.93. The van der Waals surface area contributed by atoms with Crippen molar-refractivity contribution in [3.63, 3.8) is 0 Å². The Hall–Kier alpha value is -3.73. The van der Waals surface area contributed by atoms with Crippen LogP contribution in [0.1, 0.15) is 36.7 Å². The molecule has 0 radical (unpaired) electrons. The highest BCUT2D eigenvalue weighted by Crippen LogP contribution is 2.13. The molecule has 7 nitrogen and oxygen atoms in total. The summed E-state index contributed by atoms with van der Waals surface area (Å²) in [7, 11) is 0. The molecule has 0 aliphatic rings. The fraction of sp³-hybridized carbons (Fsp3) is 0.273. The zero-order valence-corrected chi connectivity index (χ0v) is 16.8. The number of carbonyl (C=O) groups is 3. The third kappa shape index (κ3) is 5.88. The van der Waals surface area contributed by atoms with E-state index in [1.807, 2.05) is 6.07 Å². The van der Waals surface area contributed by atoms with Crippen molar-refractivity contribution in [2.45, 2.75) is 32.9 Å². The molecule has 0 aliphatic carbocycles. The summed E-state index contributed by atoms with van der Waals surface area (Å²) < 4.78 is 19.0. The number of benzene rings is 2. The monoisotopic (exact) mass is 411 g/mol. The van der Waals surface area contributed by atoms with Gasteiger partial charge in [-0.1, -0.05) is 26.0 Å². The summed E-state index contributed by atoms with van der Waals surface area (Å²) in [5.74, 6) is -3.20. The minimum atomic E-state index is -1.14. The molecule has 0 saturated heterocycles. The van der Waals surface area contributed by atoms with Gasteiger partial charge in [0.2, 0.25) is 0 Å². The Balaban J connectivity index is 2.01. The van der Waals surface area contributed by atoms with Crippen molar-refractivity contribution in [2.24, 2.45) is 5.92 Å². The second kappa shape index (κ2) is 10.2. The highest BCUT2D eigenvalue weighted by atomic mass is 19.1. The molecule has 0 bridgehead atoms. The van der Waals surface area contributed by atoms with Crippen LogP contribution in [0, 0.1) is 23.1 Å². The summed E-state index contributed by atoms with van der Waals surface area (Å²) >= 11 is 0. The van der Waals surface area contributed by atoms with Gasteiger partial charge in [-0.2, -0.15) is 5.26 Å². The van der Waals surface area contributed by atoms with Crippen LogP contribution < -0.4 is 10.6 Å². The van der Waals surface area contributed by atoms with E-state index in [4.69, 9.17) is 10.00 Å². The molecule has 0 saturated carbocycles. The molecule has 0 fully saturated rings. The van der Waals surface area contributed by atoms with E-state index in [2.05, 4.69) is 10.6 Å². The molecule has 8 heteroatoms. The van der Waals surface area contributed by atoms with Crippen LogP contribution >= 0.6 is 0 Å². The lowest BCUT2D eigenvalue weighted by molar-refractivity contribution is -0.156. The minimum Gasteiger partial charge on any atom is -0.451 e. The van der Waals surface area contributed by atoms with Crippen molar-refractivity contribution in [1.29, 1.82) is 5.26 Å². The maximum absolute atomic E-state index is 13.8. The number of hydrogen-bond donors (Lipinski definition) is 2. The van der Waals surface area contributed by atoms with E-state index in [1.165, 1.54) is 25.1 Å². The summed E-state index contributed by atoms with van der Waals surface area (Å²) in [6.07, 6.45) is -1.14. The molecule has 0 unspecified atom stereocenters. The van der Waals surface area contributed by atoms with Gasteiger partial charge in [0, 0.05) is 5.69 Å². The number of hydrogen-bond acceptors (Lipinski definition) is 5. The number of esters is 1. The van der Waals surface area contributed by atoms with E-state index in [9.17, 15) is 18.8 Å². The number of nitrogens with zero attached hydrogens (tertiary/aromatic N) is 1. The van der Waals surface area contributed by atoms with Crippen molar-refractivity contribution >= 4 is 23.5 Å². The Labute approximate surface area is 173 Å². The summed E-state index contributed by atoms with van der Waals surface area (Å²) in [6.45, 7) is 4.77. The quantitative estimate of drug-likeness (QED) is 0.681. The molecule has 30 heavy (non-hydrogen) atoms. The smallest absolute Gasteiger partial charge is 0.329 e. The Morgan fingerprint density at radius 2 is 1.67 bits per heavy atom. The van der Waals surface area contributed by atoms with Gasteiger partial charge < -0.3 is 15.4 Å². The Bertz CT molecular complexity index is 967. The molecule has 2 aromatic rings. The van der Waals surface area contributed by atoms with Gasteiger partial charge in [0.25, 0.3) is 11.8 Å². The van der Waals surface area contributed by atoms with Crippen LogP contribution in [0.5, 0.6) is 0 Å². The number of halogens is 1. The van der Waals surface area contributed by atoms with Crippen molar-refractivity contribution in [2.75, 3.05) is 5.32 Å². The first-order valence-electron chi connectivity index (χ1n) is 9.29. The van der Waals surface area contributed by atoms with Crippen molar-refractivity contribution in [3.05, 3.63) is 65.5 Å². The van der Waals surface area contributed by atoms with Gasteiger partial charge in [-0.05, 0) is 49.2 Å². The third-order valence-corrected chi connectivity index (χ3v) is 4.27. The number of rotatable bonds is 7. The average molecular weight is 411 g/mol. The van der Waals surface area contributed by atoms with Crippen molar-refractivity contribution < 1.29 is 23.5 Å². The summed E-state index contributed by atoms with van der Waals surface area (Å²) in [6, 6.07) is 12.5. The molecule has 2 aromatic carbocycles. The lowest BCUT2D eigenvalue weighted by Crippen LogP contribution is -2.47. The first-order valence-corrected chi connectivity index (χ1v) is 9.29. The Morgan fingerprint density at radius 1 is 1.03 bits per heavy atom. The molecule has 2 N–H and O–H groups in total. The predicted molar refractivity (Wildman–Crippen MR) is 108 cm³/mol. The van der Waals surface area contributed by atoms with E-state index in [-0.39, 0.29) is 11.5 Å². The maximum atomic E-state index is 13.8. The fourth-order valence-electron chi connectivity index (χ4n) is 2.54. The predicted octanol–water partition coefficient (Wildman–Crippen LogP) is 3.02. The number of amides is 2. The van der Waals surface area contributed by atoms with E-state index in [1.54, 1.807) is 38.1 Å². The van der Waals surface area contributed by atoms with Gasteiger partial charge in [-0.15, -0.1) is 0 Å². The zero-order valence-electron chi connectivity index (χ0n) is 16.8. The number of nitriles is 1. The Morgan fingerprint density at radius 3 is 2.23 bits per heavy atom. The zero-order chi connectivity index (χ0) is 22.3. The Kier molecular flexibility index (Phi) is 7.64. The largest absolute Gasteiger partial charge is 0.451 e. The van der Waals surface area contributed by atoms with E-state index >= 15 is 0 Å². The van der Waals surface area contributed by atoms with Crippen LogP contribution in [0.15, 0.2) is 48.5 Å². The molecule has 0 aromatic heterocycles. The van der Waals surface area contributed by atoms with Crippen LogP contribution in [-0.4, -0.2) is 29.9 Å². The number of carbonyl (C=O) groups excluding carboxylic acids is 3. The van der Waals surface area contributed by atoms with E-state index in [0.29, 0.717) is 11.3 Å². The van der Waals surface area contributed by atoms with Gasteiger partial charge in [0.15, 0.2) is 6.10 Å². The SMILES string of the molecule is CC(C)[C@H](NC(=O)c1ccccc1F)C(=O)O[C@@H](C)C(=O)Nc1ccc(C#N)cc1. The second-order valence-electron chi connectivity index (χ2n) is 6.93. The van der Waals surface area contributed by atoms with Crippen LogP contribution in [0.4, 0.5) is 10.1 Å². The summed E-state index contributed by atoms with van der Waals surface area (Å²) in [5, 5.41) is 13.8. The van der Waals surface area contributed by atoms with E-state index < -0.39 is 35.7 Å². The van der Waals surface area contributed by atoms with Crippen molar-refractivity contribution in [1.82, 2.24) is 5.32 Å². The molecule has 156 valence electrons. The number of nitrogens with one attached hydrogen (secondary N) is 2. The van der Waals surface area contributed by atoms with Gasteiger partial charge in [-0.25, -0.2) is 9.18 Å². The van der Waals surface area contributed by atoms with Crippen LogP contribution in [-0.2, 0) is 14.3 Å². The summed E-state index contributed by atoms with van der Waals surface area (Å²) in [5.41, 5.74) is 0.690. The van der Waals surface area contributed by atoms with Gasteiger partial charge in [0.05, 0.1) is 17.2 Å². The highest BCUT2D eigenvalue weighted by Gasteiger charge is 2.29. The molecule has 2 atom stereocenters. The molecule has 0 heterocycles. The normalized spacial score (nSPS) is 12.4. The lowest BCUT2D eigenvalue weighted by atomic mass is 10.0. The molecule has 2 amide bonds. The first kappa shape index (κ1) is 22.6. The average Bonchev–Trinajstić information content (AvgIpc) is 2.72. The number of ether oxygens (including phenoxy) is 1. The summed E-state index contributed by atoms with van der Waals surface area (Å²) in [4.78, 5) is 37.2. The van der Waals surface area contributed by atoms with Crippen LogP contribution in [0.2, 0.25) is 0 Å². The van der Waals surface area contributed by atoms with Crippen molar-refractivity contribution in [3.8, 4) is 6.07 Å². The topological polar surface area (TPSA) is 108 Å². The standard InChI is InChI=1S/C22H22FN3O4/c1-13(2)19(26-21(28)17-6-4-5-7-18(17)23)22(29)30-14(3)20(27)25-16-10-8-15(12-24)9-11-16/h4-11,13-14,19H,1-3H3,(H,25,27)(H,26,28)/t14-,19-/m0/s1. The molecule has 0 spiro atoms. The van der Waals surface area contributed by atoms with E-state index in [0.717, 1.165) is 6.07 Å². The fourth-order valence-corrected chi connectivity index (χ4v) is 2.54. The molecule has 0 aliphatic heterocycles. The molecule has 2 rings (SSSR count). The van der Waals surface area contributed by atoms with Crippen LogP contribution in [0.3, 0.4) is 0 Å². The number of anilines is 1. The van der Waals surface area contributed by atoms with Crippen LogP contribution in [0.25, 0.3) is 0 Å². The highest BCUT2D eigenvalue weighted by molar-refractivity contribution is 5.98. The molecular formula is C22H22FN3O4. The maximum Gasteiger partial charge on any atom is 0.329 e. The lowest BCUT2D eigenvalue weighted by Gasteiger charge is -2.23. The van der Waals surface area contributed by atoms with Gasteiger partial charge >= 0.3 is 5.97 Å². The third-order valence-electron chi connectivity index (χ3n) is 4.27. The van der Waals surface area contributed by atoms with Gasteiger partial charge in [-0.3, -0.25) is 9.59 Å². The minimum absolute atomic E-state index is 0.192. The van der Waals surface area contributed by atoms with Gasteiger partial charge in [0.1, 0.15) is 11.9 Å².